The van der Waals surface area contributed by atoms with Gasteiger partial charge < -0.3 is 14.8 Å². The second-order valence-corrected chi connectivity index (χ2v) is 8.99. The minimum Gasteiger partial charge on any atom is -0.353 e. The van der Waals surface area contributed by atoms with Gasteiger partial charge in [-0.05, 0) is 43.2 Å². The number of nitrogens with one attached hydrogen (secondary N) is 1. The van der Waals surface area contributed by atoms with E-state index in [0.29, 0.717) is 12.6 Å². The largest absolute Gasteiger partial charge is 0.353 e. The fourth-order valence-electron chi connectivity index (χ4n) is 4.54. The van der Waals surface area contributed by atoms with Crippen LogP contribution in [0.5, 0.6) is 0 Å². The summed E-state index contributed by atoms with van der Waals surface area (Å²) < 4.78 is 3.11. The van der Waals surface area contributed by atoms with Gasteiger partial charge in [0.05, 0.1) is 16.1 Å². The van der Waals surface area contributed by atoms with Crippen LogP contribution in [-0.2, 0) is 11.8 Å². The first-order valence-corrected chi connectivity index (χ1v) is 11.1. The molecule has 2 aromatic heterocycles. The topological polar surface area (TPSA) is 54.3 Å². The van der Waals surface area contributed by atoms with Gasteiger partial charge >= 0.3 is 0 Å². The zero-order valence-electron chi connectivity index (χ0n) is 16.1. The molecule has 146 valence electrons. The molecular weight excluding hydrogens is 358 g/mol. The van der Waals surface area contributed by atoms with E-state index in [1.54, 1.807) is 11.3 Å². The highest BCUT2D eigenvalue weighted by molar-refractivity contribution is 7.17. The fraction of sp³-hybridized carbons (Fsp3) is 0.619. The summed E-state index contributed by atoms with van der Waals surface area (Å²) in [6, 6.07) is 4.36. The fourth-order valence-corrected chi connectivity index (χ4v) is 5.38. The molecule has 27 heavy (non-hydrogen) atoms. The summed E-state index contributed by atoms with van der Waals surface area (Å²) in [5.41, 5.74) is 1.82. The van der Waals surface area contributed by atoms with Crippen LogP contribution in [-0.4, -0.2) is 40.4 Å². The Labute approximate surface area is 164 Å². The van der Waals surface area contributed by atoms with E-state index in [-0.39, 0.29) is 17.7 Å². The Hall–Kier alpha value is -1.82. The van der Waals surface area contributed by atoms with Crippen molar-refractivity contribution in [3.8, 4) is 0 Å². The van der Waals surface area contributed by atoms with Crippen molar-refractivity contribution in [3.63, 3.8) is 0 Å². The number of carbonyl (C=O) groups is 2. The van der Waals surface area contributed by atoms with Crippen LogP contribution in [0.3, 0.4) is 0 Å². The van der Waals surface area contributed by atoms with Crippen molar-refractivity contribution in [2.24, 2.45) is 13.0 Å². The maximum absolute atomic E-state index is 13.1. The van der Waals surface area contributed by atoms with E-state index in [4.69, 9.17) is 0 Å². The molecule has 6 heteroatoms. The Morgan fingerprint density at radius 2 is 1.89 bits per heavy atom. The lowest BCUT2D eigenvalue weighted by atomic mass is 9.96. The van der Waals surface area contributed by atoms with E-state index >= 15 is 0 Å². The van der Waals surface area contributed by atoms with Crippen molar-refractivity contribution in [3.05, 3.63) is 23.2 Å². The molecule has 0 spiro atoms. The first kappa shape index (κ1) is 18.5. The first-order valence-electron chi connectivity index (χ1n) is 10.3. The Kier molecular flexibility index (Phi) is 5.53. The predicted molar refractivity (Wildman–Crippen MR) is 109 cm³/mol. The van der Waals surface area contributed by atoms with E-state index in [2.05, 4.69) is 11.4 Å². The molecule has 5 nitrogen and oxygen atoms in total. The van der Waals surface area contributed by atoms with Gasteiger partial charge in [-0.3, -0.25) is 9.59 Å². The van der Waals surface area contributed by atoms with E-state index < -0.39 is 0 Å². The highest BCUT2D eigenvalue weighted by atomic mass is 32.1. The Bertz CT molecular complexity index is 817. The van der Waals surface area contributed by atoms with Gasteiger partial charge in [0.15, 0.2) is 0 Å². The first-order chi connectivity index (χ1) is 13.1. The van der Waals surface area contributed by atoms with Crippen LogP contribution < -0.4 is 5.32 Å². The maximum atomic E-state index is 13.1. The number of aryl methyl sites for hydroxylation is 1. The lowest BCUT2D eigenvalue weighted by Gasteiger charge is -2.33. The lowest BCUT2D eigenvalue weighted by Crippen LogP contribution is -2.47. The molecule has 2 aliphatic rings. The summed E-state index contributed by atoms with van der Waals surface area (Å²) in [5, 5.41) is 5.33. The third kappa shape index (κ3) is 3.91. The average molecular weight is 388 g/mol. The molecule has 1 saturated carbocycles. The molecule has 2 aromatic rings. The summed E-state index contributed by atoms with van der Waals surface area (Å²) in [6.07, 6.45) is 8.97. The molecule has 2 amide bonds. The second-order valence-electron chi connectivity index (χ2n) is 8.05. The van der Waals surface area contributed by atoms with E-state index in [1.807, 2.05) is 28.0 Å². The molecule has 0 bridgehead atoms. The summed E-state index contributed by atoms with van der Waals surface area (Å²) in [6.45, 7) is 1.28. The van der Waals surface area contributed by atoms with Gasteiger partial charge in [0, 0.05) is 26.2 Å². The number of aromatic nitrogens is 1. The van der Waals surface area contributed by atoms with Gasteiger partial charge in [-0.15, -0.1) is 11.3 Å². The normalized spacial score (nSPS) is 22.0. The molecule has 1 unspecified atom stereocenters. The van der Waals surface area contributed by atoms with Crippen molar-refractivity contribution >= 4 is 33.4 Å². The van der Waals surface area contributed by atoms with Gasteiger partial charge in [-0.1, -0.05) is 25.7 Å². The third-order valence-electron chi connectivity index (χ3n) is 6.16. The smallest absolute Gasteiger partial charge is 0.270 e. The Morgan fingerprint density at radius 1 is 1.11 bits per heavy atom. The standard InChI is InChI=1S/C21H29N3O2S/c1-23-17-10-12-27-19(17)13-18(23)21(26)24-11-6-7-15(14-24)20(25)22-16-8-4-2-3-5-9-16/h10,12-13,15-16H,2-9,11,14H2,1H3,(H,22,25). The summed E-state index contributed by atoms with van der Waals surface area (Å²) in [5.74, 6) is 0.118. The van der Waals surface area contributed by atoms with Crippen LogP contribution in [0.15, 0.2) is 17.5 Å². The molecular formula is C21H29N3O2S. The molecule has 0 radical (unpaired) electrons. The van der Waals surface area contributed by atoms with Crippen LogP contribution in [0.25, 0.3) is 10.2 Å². The lowest BCUT2D eigenvalue weighted by molar-refractivity contribution is -0.127. The number of hydrogen-bond acceptors (Lipinski definition) is 3. The van der Waals surface area contributed by atoms with Crippen molar-refractivity contribution in [1.82, 2.24) is 14.8 Å². The number of nitrogens with zero attached hydrogens (tertiary/aromatic N) is 2. The molecule has 1 aliphatic heterocycles. The zero-order chi connectivity index (χ0) is 18.8. The summed E-state index contributed by atoms with van der Waals surface area (Å²) >= 11 is 1.66. The second kappa shape index (κ2) is 8.05. The maximum Gasteiger partial charge on any atom is 0.270 e. The van der Waals surface area contributed by atoms with E-state index in [9.17, 15) is 9.59 Å². The van der Waals surface area contributed by atoms with Gasteiger partial charge in [0.25, 0.3) is 5.91 Å². The van der Waals surface area contributed by atoms with Crippen LogP contribution in [0.1, 0.15) is 61.9 Å². The van der Waals surface area contributed by atoms with Crippen molar-refractivity contribution in [2.45, 2.75) is 57.4 Å². The SMILES string of the molecule is Cn1c(C(=O)N2CCCC(C(=O)NC3CCCCCC3)C2)cc2sccc21. The predicted octanol–water partition coefficient (Wildman–Crippen LogP) is 3.93. The third-order valence-corrected chi connectivity index (χ3v) is 7.02. The molecule has 1 saturated heterocycles. The number of rotatable bonds is 3. The number of carbonyl (C=O) groups excluding carboxylic acids is 2. The van der Waals surface area contributed by atoms with Crippen molar-refractivity contribution < 1.29 is 9.59 Å². The summed E-state index contributed by atoms with van der Waals surface area (Å²) in [4.78, 5) is 27.7. The molecule has 4 rings (SSSR count). The minimum absolute atomic E-state index is 0.0490. The molecule has 1 aliphatic carbocycles. The van der Waals surface area contributed by atoms with Crippen LogP contribution >= 0.6 is 11.3 Å². The Morgan fingerprint density at radius 3 is 2.63 bits per heavy atom. The monoisotopic (exact) mass is 387 g/mol. The Balaban J connectivity index is 1.41. The van der Waals surface area contributed by atoms with Crippen LogP contribution in [0.2, 0.25) is 0 Å². The van der Waals surface area contributed by atoms with E-state index in [1.165, 1.54) is 25.7 Å². The summed E-state index contributed by atoms with van der Waals surface area (Å²) in [7, 11) is 1.95. The number of fused-ring (bicyclic) bond motifs is 1. The van der Waals surface area contributed by atoms with E-state index in [0.717, 1.165) is 48.1 Å². The van der Waals surface area contributed by atoms with Gasteiger partial charge in [0.1, 0.15) is 5.69 Å². The number of piperidine rings is 1. The number of amides is 2. The molecule has 1 atom stereocenters. The van der Waals surface area contributed by atoms with Gasteiger partial charge in [-0.2, -0.15) is 0 Å². The molecule has 2 fully saturated rings. The number of hydrogen-bond donors (Lipinski definition) is 1. The minimum atomic E-state index is -0.0765. The number of likely N-dealkylation sites (tertiary alicyclic amines) is 1. The molecule has 3 heterocycles. The highest BCUT2D eigenvalue weighted by Gasteiger charge is 2.31. The van der Waals surface area contributed by atoms with Crippen molar-refractivity contribution in [2.75, 3.05) is 13.1 Å². The van der Waals surface area contributed by atoms with Gasteiger partial charge in [0.2, 0.25) is 5.91 Å². The quantitative estimate of drug-likeness (QED) is 0.811. The average Bonchev–Trinajstić information content (AvgIpc) is 3.16. The number of thiophene rings is 1. The van der Waals surface area contributed by atoms with Gasteiger partial charge in [-0.25, -0.2) is 0 Å². The molecule has 1 N–H and O–H groups in total. The molecule has 0 aromatic carbocycles. The van der Waals surface area contributed by atoms with Crippen molar-refractivity contribution in [1.29, 1.82) is 0 Å². The highest BCUT2D eigenvalue weighted by Crippen LogP contribution is 2.27. The van der Waals surface area contributed by atoms with Crippen LogP contribution in [0, 0.1) is 5.92 Å². The zero-order valence-corrected chi connectivity index (χ0v) is 16.9. The van der Waals surface area contributed by atoms with Crippen LogP contribution in [0.4, 0.5) is 0 Å².